The molecule has 1 unspecified atom stereocenters. The zero-order valence-corrected chi connectivity index (χ0v) is 17.2. The standard InChI is InChI=1S/C18H34N4.HI/c1-3-19-18(21-17-11-4-5-12-17)20-13-7-9-15-22-14-8-6-10-16(22)2;/h4-5,16-17H,3,6-15H2,1-2H3,(H2,19,20,21);1H. The van der Waals surface area contributed by atoms with Crippen molar-refractivity contribution in [3.63, 3.8) is 0 Å². The van der Waals surface area contributed by atoms with Crippen molar-refractivity contribution in [2.45, 2.75) is 70.9 Å². The van der Waals surface area contributed by atoms with Gasteiger partial charge in [-0.1, -0.05) is 18.6 Å². The molecule has 1 aliphatic carbocycles. The predicted octanol–water partition coefficient (Wildman–Crippen LogP) is 3.53. The summed E-state index contributed by atoms with van der Waals surface area (Å²) in [5, 5.41) is 6.89. The maximum atomic E-state index is 4.73. The Hall–Kier alpha value is -0.300. The SMILES string of the molecule is CCNC(=NCCCCN1CCCCC1C)NC1CC=CC1.I. The minimum Gasteiger partial charge on any atom is -0.357 e. The molecule has 1 aliphatic heterocycles. The van der Waals surface area contributed by atoms with Crippen molar-refractivity contribution < 1.29 is 0 Å². The van der Waals surface area contributed by atoms with E-state index in [1.165, 1.54) is 45.2 Å². The molecule has 2 aliphatic rings. The van der Waals surface area contributed by atoms with Gasteiger partial charge < -0.3 is 15.5 Å². The third kappa shape index (κ3) is 7.88. The first kappa shape index (κ1) is 20.7. The molecule has 0 aromatic heterocycles. The highest BCUT2D eigenvalue weighted by Crippen LogP contribution is 2.16. The number of guanidine groups is 1. The highest BCUT2D eigenvalue weighted by atomic mass is 127. The molecule has 0 bridgehead atoms. The van der Waals surface area contributed by atoms with Gasteiger partial charge in [0.15, 0.2) is 5.96 Å². The normalized spacial score (nSPS) is 22.9. The Morgan fingerprint density at radius 3 is 2.70 bits per heavy atom. The largest absolute Gasteiger partial charge is 0.357 e. The van der Waals surface area contributed by atoms with Gasteiger partial charge in [0.1, 0.15) is 0 Å². The van der Waals surface area contributed by atoms with E-state index in [1.54, 1.807) is 0 Å². The lowest BCUT2D eigenvalue weighted by molar-refractivity contribution is 0.158. The van der Waals surface area contributed by atoms with Crippen LogP contribution in [0.3, 0.4) is 0 Å². The number of hydrogen-bond donors (Lipinski definition) is 2. The van der Waals surface area contributed by atoms with Gasteiger partial charge >= 0.3 is 0 Å². The highest BCUT2D eigenvalue weighted by molar-refractivity contribution is 14.0. The Morgan fingerprint density at radius 2 is 2.00 bits per heavy atom. The van der Waals surface area contributed by atoms with Crippen LogP contribution in [0.4, 0.5) is 0 Å². The summed E-state index contributed by atoms with van der Waals surface area (Å²) in [6.45, 7) is 8.90. The van der Waals surface area contributed by atoms with Crippen molar-refractivity contribution >= 4 is 29.9 Å². The molecule has 134 valence electrons. The number of halogens is 1. The van der Waals surface area contributed by atoms with E-state index in [0.29, 0.717) is 6.04 Å². The van der Waals surface area contributed by atoms with Crippen molar-refractivity contribution in [2.24, 2.45) is 4.99 Å². The summed E-state index contributed by atoms with van der Waals surface area (Å²) >= 11 is 0. The van der Waals surface area contributed by atoms with Crippen molar-refractivity contribution in [1.29, 1.82) is 0 Å². The van der Waals surface area contributed by atoms with Gasteiger partial charge in [-0.15, -0.1) is 24.0 Å². The second-order valence-corrected chi connectivity index (χ2v) is 6.63. The fraction of sp³-hybridized carbons (Fsp3) is 0.833. The second kappa shape index (κ2) is 12.1. The van der Waals surface area contributed by atoms with Crippen LogP contribution in [0, 0.1) is 0 Å². The van der Waals surface area contributed by atoms with E-state index in [-0.39, 0.29) is 24.0 Å². The van der Waals surface area contributed by atoms with Gasteiger partial charge in [-0.05, 0) is 65.5 Å². The maximum Gasteiger partial charge on any atom is 0.191 e. The molecule has 1 heterocycles. The summed E-state index contributed by atoms with van der Waals surface area (Å²) in [5.41, 5.74) is 0. The predicted molar refractivity (Wildman–Crippen MR) is 111 cm³/mol. The molecular weight excluding hydrogens is 399 g/mol. The maximum absolute atomic E-state index is 4.73. The summed E-state index contributed by atoms with van der Waals surface area (Å²) in [4.78, 5) is 7.38. The molecule has 0 radical (unpaired) electrons. The third-order valence-electron chi connectivity index (χ3n) is 4.76. The number of nitrogens with one attached hydrogen (secondary N) is 2. The molecule has 2 rings (SSSR count). The number of hydrogen-bond acceptors (Lipinski definition) is 2. The lowest BCUT2D eigenvalue weighted by Crippen LogP contribution is -2.42. The number of rotatable bonds is 7. The Labute approximate surface area is 159 Å². The molecule has 0 aromatic rings. The molecule has 1 saturated heterocycles. The van der Waals surface area contributed by atoms with E-state index in [0.717, 1.165) is 37.9 Å². The Balaban J connectivity index is 0.00000264. The van der Waals surface area contributed by atoms with Gasteiger partial charge in [0.2, 0.25) is 0 Å². The van der Waals surface area contributed by atoms with Crippen molar-refractivity contribution in [2.75, 3.05) is 26.2 Å². The smallest absolute Gasteiger partial charge is 0.191 e. The van der Waals surface area contributed by atoms with Crippen LogP contribution in [0.25, 0.3) is 0 Å². The first-order chi connectivity index (χ1) is 10.8. The highest BCUT2D eigenvalue weighted by Gasteiger charge is 2.17. The fourth-order valence-corrected chi connectivity index (χ4v) is 3.36. The average molecular weight is 434 g/mol. The molecule has 5 heteroatoms. The Morgan fingerprint density at radius 1 is 1.22 bits per heavy atom. The number of nitrogens with zero attached hydrogens (tertiary/aromatic N) is 2. The minimum atomic E-state index is 0. The van der Waals surface area contributed by atoms with Crippen molar-refractivity contribution in [3.05, 3.63) is 12.2 Å². The van der Waals surface area contributed by atoms with Gasteiger partial charge in [-0.2, -0.15) is 0 Å². The van der Waals surface area contributed by atoms with Crippen LogP contribution in [0.1, 0.15) is 58.8 Å². The van der Waals surface area contributed by atoms with Crippen LogP contribution < -0.4 is 10.6 Å². The lowest BCUT2D eigenvalue weighted by Gasteiger charge is -2.33. The molecule has 0 amide bonds. The van der Waals surface area contributed by atoms with Crippen LogP contribution in [0.2, 0.25) is 0 Å². The molecule has 0 spiro atoms. The summed E-state index contributed by atoms with van der Waals surface area (Å²) in [6, 6.07) is 1.32. The average Bonchev–Trinajstić information content (AvgIpc) is 3.02. The van der Waals surface area contributed by atoms with E-state index in [1.807, 2.05) is 0 Å². The van der Waals surface area contributed by atoms with Gasteiger partial charge in [0.25, 0.3) is 0 Å². The van der Waals surface area contributed by atoms with Crippen LogP contribution in [0.5, 0.6) is 0 Å². The van der Waals surface area contributed by atoms with Gasteiger partial charge in [0, 0.05) is 25.2 Å². The van der Waals surface area contributed by atoms with E-state index >= 15 is 0 Å². The molecule has 0 aromatic carbocycles. The Bertz CT molecular complexity index is 362. The van der Waals surface area contributed by atoms with Gasteiger partial charge in [-0.25, -0.2) is 0 Å². The monoisotopic (exact) mass is 434 g/mol. The van der Waals surface area contributed by atoms with E-state index in [2.05, 4.69) is 41.5 Å². The first-order valence-electron chi connectivity index (χ1n) is 9.23. The summed E-state index contributed by atoms with van der Waals surface area (Å²) in [7, 11) is 0. The van der Waals surface area contributed by atoms with Gasteiger partial charge in [-0.3, -0.25) is 4.99 Å². The molecule has 2 N–H and O–H groups in total. The topological polar surface area (TPSA) is 39.7 Å². The zero-order valence-electron chi connectivity index (χ0n) is 14.9. The van der Waals surface area contributed by atoms with E-state index < -0.39 is 0 Å². The van der Waals surface area contributed by atoms with Crippen LogP contribution in [0.15, 0.2) is 17.1 Å². The van der Waals surface area contributed by atoms with E-state index in [9.17, 15) is 0 Å². The van der Waals surface area contributed by atoms with Crippen molar-refractivity contribution in [1.82, 2.24) is 15.5 Å². The summed E-state index contributed by atoms with van der Waals surface area (Å²) in [6.07, 6.45) is 13.4. The minimum absolute atomic E-state index is 0. The zero-order chi connectivity index (χ0) is 15.6. The lowest BCUT2D eigenvalue weighted by atomic mass is 10.0. The van der Waals surface area contributed by atoms with Crippen LogP contribution in [-0.4, -0.2) is 49.1 Å². The Kier molecular flexibility index (Phi) is 10.9. The van der Waals surface area contributed by atoms with Crippen molar-refractivity contribution in [3.8, 4) is 0 Å². The number of unbranched alkanes of at least 4 members (excludes halogenated alkanes) is 1. The quantitative estimate of drug-likeness (QED) is 0.212. The summed E-state index contributed by atoms with van der Waals surface area (Å²) in [5.74, 6) is 0.988. The third-order valence-corrected chi connectivity index (χ3v) is 4.76. The van der Waals surface area contributed by atoms with Crippen LogP contribution in [-0.2, 0) is 0 Å². The van der Waals surface area contributed by atoms with Crippen LogP contribution >= 0.6 is 24.0 Å². The molecular formula is C18H35IN4. The number of piperidine rings is 1. The molecule has 23 heavy (non-hydrogen) atoms. The first-order valence-corrected chi connectivity index (χ1v) is 9.23. The van der Waals surface area contributed by atoms with Gasteiger partial charge in [0.05, 0.1) is 0 Å². The molecule has 4 nitrogen and oxygen atoms in total. The molecule has 0 saturated carbocycles. The second-order valence-electron chi connectivity index (χ2n) is 6.63. The number of likely N-dealkylation sites (tertiary alicyclic amines) is 1. The number of aliphatic imine (C=N–C) groups is 1. The summed E-state index contributed by atoms with van der Waals surface area (Å²) < 4.78 is 0. The fourth-order valence-electron chi connectivity index (χ4n) is 3.36. The molecule has 1 fully saturated rings. The van der Waals surface area contributed by atoms with E-state index in [4.69, 9.17) is 4.99 Å². The molecule has 1 atom stereocenters.